The number of aliphatic hydroxyl groups excluding tert-OH is 1. The molecular formula is C16H19BrClN3O5S. The Kier molecular flexibility index (Phi) is 6.69. The molecule has 8 nitrogen and oxygen atoms in total. The SMILES string of the molecule is COC(=O)c1c(Br)c(S(=O)(=O)NC(C)(CO)Cc2ccc(Cl)nc2)cn1C. The molecule has 1 atom stereocenters. The van der Waals surface area contributed by atoms with Gasteiger partial charge in [0.1, 0.15) is 15.7 Å². The molecule has 2 N–H and O–H groups in total. The Labute approximate surface area is 170 Å². The van der Waals surface area contributed by atoms with Crippen molar-refractivity contribution in [2.75, 3.05) is 13.7 Å². The zero-order valence-electron chi connectivity index (χ0n) is 14.9. The molecule has 0 saturated heterocycles. The number of nitrogens with one attached hydrogen (secondary N) is 1. The second kappa shape index (κ2) is 8.27. The van der Waals surface area contributed by atoms with Gasteiger partial charge in [-0.15, -0.1) is 0 Å². The first-order valence-corrected chi connectivity index (χ1v) is 10.4. The number of hydrogen-bond acceptors (Lipinski definition) is 6. The Bertz CT molecular complexity index is 946. The molecule has 148 valence electrons. The summed E-state index contributed by atoms with van der Waals surface area (Å²) in [6.45, 7) is 1.11. The second-order valence-corrected chi connectivity index (χ2v) is 9.08. The van der Waals surface area contributed by atoms with Gasteiger partial charge in [0.15, 0.2) is 0 Å². The topological polar surface area (TPSA) is 111 Å². The molecule has 0 saturated carbocycles. The summed E-state index contributed by atoms with van der Waals surface area (Å²) in [5, 5.41) is 10.1. The molecule has 2 rings (SSSR count). The van der Waals surface area contributed by atoms with E-state index in [2.05, 4.69) is 30.4 Å². The van der Waals surface area contributed by atoms with E-state index in [0.717, 1.165) is 0 Å². The predicted octanol–water partition coefficient (Wildman–Crippen LogP) is 1.89. The number of rotatable bonds is 7. The first kappa shape index (κ1) is 21.8. The number of methoxy groups -OCH3 is 1. The van der Waals surface area contributed by atoms with E-state index in [1.54, 1.807) is 19.1 Å². The number of ether oxygens (including phenoxy) is 1. The van der Waals surface area contributed by atoms with Gasteiger partial charge in [-0.3, -0.25) is 0 Å². The number of halogens is 2. The number of sulfonamides is 1. The molecule has 0 bridgehead atoms. The van der Waals surface area contributed by atoms with Crippen LogP contribution in [0, 0.1) is 0 Å². The Morgan fingerprint density at radius 2 is 2.15 bits per heavy atom. The van der Waals surface area contributed by atoms with Crippen LogP contribution in [0.25, 0.3) is 0 Å². The normalized spacial score (nSPS) is 14.0. The van der Waals surface area contributed by atoms with Crippen molar-refractivity contribution < 1.29 is 23.1 Å². The standard InChI is InChI=1S/C16H19BrClN3O5S/c1-16(9-22,6-10-4-5-12(18)19-7-10)20-27(24,25)11-8-21(2)14(13(11)17)15(23)26-3/h4-5,7-8,20,22H,6,9H2,1-3H3. The van der Waals surface area contributed by atoms with E-state index in [0.29, 0.717) is 10.7 Å². The average molecular weight is 481 g/mol. The lowest BCUT2D eigenvalue weighted by atomic mass is 9.96. The van der Waals surface area contributed by atoms with Crippen molar-refractivity contribution in [3.8, 4) is 0 Å². The van der Waals surface area contributed by atoms with Crippen LogP contribution in [0.3, 0.4) is 0 Å². The van der Waals surface area contributed by atoms with Crippen LogP contribution >= 0.6 is 27.5 Å². The molecule has 2 aromatic rings. The minimum absolute atomic E-state index is 0.0606. The van der Waals surface area contributed by atoms with Gasteiger partial charge in [-0.25, -0.2) is 22.9 Å². The molecule has 0 aromatic carbocycles. The van der Waals surface area contributed by atoms with Gasteiger partial charge in [-0.2, -0.15) is 0 Å². The molecule has 0 aliphatic carbocycles. The quantitative estimate of drug-likeness (QED) is 0.462. The van der Waals surface area contributed by atoms with Crippen molar-refractivity contribution in [3.05, 3.63) is 45.4 Å². The van der Waals surface area contributed by atoms with Gasteiger partial charge in [0.25, 0.3) is 0 Å². The summed E-state index contributed by atoms with van der Waals surface area (Å²) in [4.78, 5) is 15.7. The smallest absolute Gasteiger partial charge is 0.355 e. The van der Waals surface area contributed by atoms with Crippen molar-refractivity contribution in [3.63, 3.8) is 0 Å². The van der Waals surface area contributed by atoms with Gasteiger partial charge in [-0.1, -0.05) is 17.7 Å². The van der Waals surface area contributed by atoms with E-state index in [1.165, 1.54) is 31.1 Å². The Hall–Kier alpha value is -1.46. The Balaban J connectivity index is 2.35. The lowest BCUT2D eigenvalue weighted by Crippen LogP contribution is -2.50. The first-order valence-electron chi connectivity index (χ1n) is 7.71. The zero-order valence-corrected chi connectivity index (χ0v) is 18.0. The number of carbonyl (C=O) groups excluding carboxylic acids is 1. The predicted molar refractivity (Wildman–Crippen MR) is 103 cm³/mol. The van der Waals surface area contributed by atoms with Crippen molar-refractivity contribution in [2.24, 2.45) is 7.05 Å². The number of esters is 1. The van der Waals surface area contributed by atoms with Crippen LogP contribution in [0.15, 0.2) is 33.9 Å². The lowest BCUT2D eigenvalue weighted by Gasteiger charge is -2.28. The number of aryl methyl sites for hydroxylation is 1. The van der Waals surface area contributed by atoms with Crippen LogP contribution in [0.2, 0.25) is 5.15 Å². The van der Waals surface area contributed by atoms with Crippen LogP contribution in [-0.2, 0) is 28.2 Å². The molecule has 0 amide bonds. The largest absolute Gasteiger partial charge is 0.464 e. The van der Waals surface area contributed by atoms with Crippen LogP contribution < -0.4 is 4.72 Å². The van der Waals surface area contributed by atoms with Gasteiger partial charge >= 0.3 is 5.97 Å². The van der Waals surface area contributed by atoms with Gasteiger partial charge in [0.05, 0.1) is 23.7 Å². The minimum atomic E-state index is -4.06. The van der Waals surface area contributed by atoms with Crippen molar-refractivity contribution in [1.82, 2.24) is 14.3 Å². The van der Waals surface area contributed by atoms with E-state index < -0.39 is 28.1 Å². The summed E-state index contributed by atoms with van der Waals surface area (Å²) in [5.41, 5.74) is -0.443. The minimum Gasteiger partial charge on any atom is -0.464 e. The van der Waals surface area contributed by atoms with Crippen molar-refractivity contribution in [2.45, 2.75) is 23.8 Å². The fourth-order valence-corrected chi connectivity index (χ4v) is 5.37. The fourth-order valence-electron chi connectivity index (χ4n) is 2.55. The number of hydrogen-bond donors (Lipinski definition) is 2. The van der Waals surface area contributed by atoms with E-state index in [4.69, 9.17) is 11.6 Å². The number of aliphatic hydroxyl groups is 1. The van der Waals surface area contributed by atoms with E-state index in [9.17, 15) is 18.3 Å². The number of carbonyl (C=O) groups is 1. The van der Waals surface area contributed by atoms with Gasteiger partial charge in [0, 0.05) is 19.4 Å². The summed E-state index contributed by atoms with van der Waals surface area (Å²) in [6, 6.07) is 3.28. The highest BCUT2D eigenvalue weighted by Gasteiger charge is 2.34. The highest BCUT2D eigenvalue weighted by atomic mass is 79.9. The molecule has 0 aliphatic rings. The second-order valence-electron chi connectivity index (χ2n) is 6.25. The Morgan fingerprint density at radius 3 is 2.67 bits per heavy atom. The number of nitrogens with zero attached hydrogens (tertiary/aromatic N) is 2. The van der Waals surface area contributed by atoms with Crippen molar-refractivity contribution in [1.29, 1.82) is 0 Å². The maximum atomic E-state index is 12.9. The molecule has 1 unspecified atom stereocenters. The van der Waals surface area contributed by atoms with E-state index in [1.807, 2.05) is 0 Å². The van der Waals surface area contributed by atoms with Crippen molar-refractivity contribution >= 4 is 43.5 Å². The van der Waals surface area contributed by atoms with E-state index in [-0.39, 0.29) is 21.5 Å². The highest BCUT2D eigenvalue weighted by molar-refractivity contribution is 9.10. The highest BCUT2D eigenvalue weighted by Crippen LogP contribution is 2.29. The molecule has 2 heterocycles. The molecule has 0 fully saturated rings. The third-order valence-electron chi connectivity index (χ3n) is 3.87. The van der Waals surface area contributed by atoms with Gasteiger partial charge < -0.3 is 14.4 Å². The molecule has 11 heteroatoms. The lowest BCUT2D eigenvalue weighted by molar-refractivity contribution is 0.0588. The van der Waals surface area contributed by atoms with Crippen LogP contribution in [0.1, 0.15) is 23.0 Å². The maximum absolute atomic E-state index is 12.9. The zero-order chi connectivity index (χ0) is 20.4. The number of aromatic nitrogens is 2. The monoisotopic (exact) mass is 479 g/mol. The van der Waals surface area contributed by atoms with Crippen LogP contribution in [-0.4, -0.2) is 48.3 Å². The molecule has 0 radical (unpaired) electrons. The third kappa shape index (κ3) is 4.88. The van der Waals surface area contributed by atoms with Crippen LogP contribution in [0.5, 0.6) is 0 Å². The summed E-state index contributed by atoms with van der Waals surface area (Å²) >= 11 is 8.91. The maximum Gasteiger partial charge on any atom is 0.355 e. The Morgan fingerprint density at radius 1 is 1.48 bits per heavy atom. The first-order chi connectivity index (χ1) is 12.5. The summed E-state index contributed by atoms with van der Waals surface area (Å²) < 4.78 is 34.4. The molecular weight excluding hydrogens is 462 g/mol. The van der Waals surface area contributed by atoms with E-state index >= 15 is 0 Å². The average Bonchev–Trinajstić information content (AvgIpc) is 2.91. The molecule has 0 spiro atoms. The summed E-state index contributed by atoms with van der Waals surface area (Å²) in [7, 11) is -1.33. The van der Waals surface area contributed by atoms with Gasteiger partial charge in [-0.05, 0) is 40.9 Å². The number of pyridine rings is 1. The summed E-state index contributed by atoms with van der Waals surface area (Å²) in [5.74, 6) is -0.678. The molecule has 27 heavy (non-hydrogen) atoms. The molecule has 0 aliphatic heterocycles. The fraction of sp³-hybridized carbons (Fsp3) is 0.375. The third-order valence-corrected chi connectivity index (χ3v) is 6.81. The molecule has 2 aromatic heterocycles. The van der Waals surface area contributed by atoms with Crippen LogP contribution in [0.4, 0.5) is 0 Å². The van der Waals surface area contributed by atoms with Gasteiger partial charge in [0.2, 0.25) is 10.0 Å². The summed E-state index contributed by atoms with van der Waals surface area (Å²) in [6.07, 6.45) is 2.99.